The van der Waals surface area contributed by atoms with Crippen LogP contribution in [0.4, 0.5) is 0 Å². The molecule has 1 amide bonds. The second-order valence-electron chi connectivity index (χ2n) is 6.15. The second-order valence-corrected chi connectivity index (χ2v) is 6.15. The molecule has 0 saturated carbocycles. The van der Waals surface area contributed by atoms with E-state index in [0.717, 1.165) is 56.2 Å². The van der Waals surface area contributed by atoms with Crippen molar-refractivity contribution in [2.75, 3.05) is 60.5 Å². The van der Waals surface area contributed by atoms with E-state index in [9.17, 15) is 4.79 Å². The molecule has 0 spiro atoms. The molecule has 0 aromatic heterocycles. The fourth-order valence-electron chi connectivity index (χ4n) is 2.91. The van der Waals surface area contributed by atoms with Crippen LogP contribution in [0, 0.1) is 0 Å². The Hall–Kier alpha value is -1.79. The lowest BCUT2D eigenvalue weighted by Crippen LogP contribution is -2.45. The number of amides is 1. The largest absolute Gasteiger partial charge is 0.493 e. The molecule has 2 rings (SSSR count). The van der Waals surface area contributed by atoms with E-state index in [1.54, 1.807) is 14.2 Å². The highest BCUT2D eigenvalue weighted by atomic mass is 16.5. The fraction of sp³-hybridized carbons (Fsp3) is 0.611. The summed E-state index contributed by atoms with van der Waals surface area (Å²) in [5.41, 5.74) is 1.04. The van der Waals surface area contributed by atoms with Crippen LogP contribution in [0.15, 0.2) is 18.2 Å². The van der Waals surface area contributed by atoms with Gasteiger partial charge in [0, 0.05) is 45.7 Å². The summed E-state index contributed by atoms with van der Waals surface area (Å²) in [6.07, 6.45) is 1.28. The Morgan fingerprint density at radius 3 is 2.58 bits per heavy atom. The summed E-state index contributed by atoms with van der Waals surface area (Å²) in [5, 5.41) is 3.00. The third-order valence-corrected chi connectivity index (χ3v) is 4.45. The predicted octanol–water partition coefficient (Wildman–Crippen LogP) is 1.00. The molecule has 1 saturated heterocycles. The monoisotopic (exact) mass is 335 g/mol. The molecule has 1 fully saturated rings. The Labute approximate surface area is 144 Å². The Balaban J connectivity index is 1.71. The van der Waals surface area contributed by atoms with Gasteiger partial charge in [-0.15, -0.1) is 0 Å². The number of hydrogen-bond acceptors (Lipinski definition) is 5. The van der Waals surface area contributed by atoms with Gasteiger partial charge in [-0.05, 0) is 25.1 Å². The van der Waals surface area contributed by atoms with E-state index in [1.807, 2.05) is 18.2 Å². The Bertz CT molecular complexity index is 528. The number of ether oxygens (including phenoxy) is 2. The molecule has 1 heterocycles. The van der Waals surface area contributed by atoms with Gasteiger partial charge in [0.2, 0.25) is 5.91 Å². The molecule has 1 aliphatic heterocycles. The SMILES string of the molecule is COc1cccc(CCNC(=O)CCN2CCN(C)CC2)c1OC. The van der Waals surface area contributed by atoms with Crippen molar-refractivity contribution < 1.29 is 14.3 Å². The molecule has 0 radical (unpaired) electrons. The zero-order chi connectivity index (χ0) is 17.4. The van der Waals surface area contributed by atoms with Gasteiger partial charge < -0.3 is 24.6 Å². The molecular weight excluding hydrogens is 306 g/mol. The van der Waals surface area contributed by atoms with Gasteiger partial charge >= 0.3 is 0 Å². The van der Waals surface area contributed by atoms with E-state index in [4.69, 9.17) is 9.47 Å². The van der Waals surface area contributed by atoms with E-state index in [2.05, 4.69) is 22.2 Å². The Morgan fingerprint density at radius 2 is 1.92 bits per heavy atom. The topological polar surface area (TPSA) is 54.0 Å². The average molecular weight is 335 g/mol. The van der Waals surface area contributed by atoms with Gasteiger partial charge in [-0.25, -0.2) is 0 Å². The second kappa shape index (κ2) is 9.49. The van der Waals surface area contributed by atoms with Crippen LogP contribution in [0.1, 0.15) is 12.0 Å². The molecule has 134 valence electrons. The number of likely N-dealkylation sites (N-methyl/N-ethyl adjacent to an activating group) is 1. The fourth-order valence-corrected chi connectivity index (χ4v) is 2.91. The lowest BCUT2D eigenvalue weighted by atomic mass is 10.1. The number of nitrogens with zero attached hydrogens (tertiary/aromatic N) is 2. The highest BCUT2D eigenvalue weighted by Gasteiger charge is 2.14. The van der Waals surface area contributed by atoms with E-state index in [0.29, 0.717) is 13.0 Å². The number of carbonyl (C=O) groups excluding carboxylic acids is 1. The molecule has 0 bridgehead atoms. The number of methoxy groups -OCH3 is 2. The third kappa shape index (κ3) is 5.39. The van der Waals surface area contributed by atoms with Crippen LogP contribution in [0.5, 0.6) is 11.5 Å². The number of carbonyl (C=O) groups is 1. The van der Waals surface area contributed by atoms with E-state index in [-0.39, 0.29) is 5.91 Å². The van der Waals surface area contributed by atoms with Crippen molar-refractivity contribution in [3.63, 3.8) is 0 Å². The number of rotatable bonds is 8. The van der Waals surface area contributed by atoms with Crippen LogP contribution in [-0.4, -0.2) is 76.2 Å². The standard InChI is InChI=1S/C18H29N3O3/c1-20-11-13-21(14-12-20)10-8-17(22)19-9-7-15-5-4-6-16(23-2)18(15)24-3/h4-6H,7-14H2,1-3H3,(H,19,22). The summed E-state index contributed by atoms with van der Waals surface area (Å²) >= 11 is 0. The van der Waals surface area contributed by atoms with Gasteiger partial charge in [0.15, 0.2) is 11.5 Å². The molecule has 0 unspecified atom stereocenters. The van der Waals surface area contributed by atoms with Gasteiger partial charge in [0.05, 0.1) is 14.2 Å². The van der Waals surface area contributed by atoms with Gasteiger partial charge in [-0.2, -0.15) is 0 Å². The van der Waals surface area contributed by atoms with Crippen LogP contribution >= 0.6 is 0 Å². The minimum atomic E-state index is 0.107. The van der Waals surface area contributed by atoms with Crippen LogP contribution in [0.25, 0.3) is 0 Å². The van der Waals surface area contributed by atoms with Gasteiger partial charge in [-0.3, -0.25) is 4.79 Å². The summed E-state index contributed by atoms with van der Waals surface area (Å²) in [4.78, 5) is 16.7. The van der Waals surface area contributed by atoms with Crippen molar-refractivity contribution in [1.29, 1.82) is 0 Å². The van der Waals surface area contributed by atoms with Crippen LogP contribution < -0.4 is 14.8 Å². The maximum Gasteiger partial charge on any atom is 0.221 e. The molecule has 1 aliphatic rings. The maximum absolute atomic E-state index is 12.0. The zero-order valence-corrected chi connectivity index (χ0v) is 15.0. The molecule has 6 heteroatoms. The van der Waals surface area contributed by atoms with Gasteiger partial charge in [0.1, 0.15) is 0 Å². The lowest BCUT2D eigenvalue weighted by Gasteiger charge is -2.32. The minimum Gasteiger partial charge on any atom is -0.493 e. The molecule has 1 N–H and O–H groups in total. The normalized spacial score (nSPS) is 16.0. The summed E-state index contributed by atoms with van der Waals surface area (Å²) in [7, 11) is 5.40. The van der Waals surface area contributed by atoms with Gasteiger partial charge in [-0.1, -0.05) is 12.1 Å². The molecular formula is C18H29N3O3. The quantitative estimate of drug-likeness (QED) is 0.768. The van der Waals surface area contributed by atoms with E-state index in [1.165, 1.54) is 0 Å². The van der Waals surface area contributed by atoms with Crippen LogP contribution in [0.3, 0.4) is 0 Å². The first kappa shape index (κ1) is 18.5. The highest BCUT2D eigenvalue weighted by molar-refractivity contribution is 5.76. The van der Waals surface area contributed by atoms with E-state index >= 15 is 0 Å². The molecule has 6 nitrogen and oxygen atoms in total. The summed E-state index contributed by atoms with van der Waals surface area (Å²) in [6, 6.07) is 5.81. The summed E-state index contributed by atoms with van der Waals surface area (Å²) in [5.74, 6) is 1.57. The summed E-state index contributed by atoms with van der Waals surface area (Å²) < 4.78 is 10.7. The average Bonchev–Trinajstić information content (AvgIpc) is 2.61. The number of benzene rings is 1. The zero-order valence-electron chi connectivity index (χ0n) is 15.0. The van der Waals surface area contributed by atoms with Crippen LogP contribution in [0.2, 0.25) is 0 Å². The van der Waals surface area contributed by atoms with Crippen molar-refractivity contribution in [3.05, 3.63) is 23.8 Å². The van der Waals surface area contributed by atoms with Gasteiger partial charge in [0.25, 0.3) is 0 Å². The molecule has 0 aliphatic carbocycles. The lowest BCUT2D eigenvalue weighted by molar-refractivity contribution is -0.121. The maximum atomic E-state index is 12.0. The molecule has 24 heavy (non-hydrogen) atoms. The van der Waals surface area contributed by atoms with Crippen molar-refractivity contribution in [2.45, 2.75) is 12.8 Å². The first-order valence-electron chi connectivity index (χ1n) is 8.51. The van der Waals surface area contributed by atoms with Crippen molar-refractivity contribution in [2.24, 2.45) is 0 Å². The first-order chi connectivity index (χ1) is 11.6. The third-order valence-electron chi connectivity index (χ3n) is 4.45. The number of piperazine rings is 1. The van der Waals surface area contributed by atoms with E-state index < -0.39 is 0 Å². The molecule has 1 aromatic rings. The Morgan fingerprint density at radius 1 is 1.17 bits per heavy atom. The highest BCUT2D eigenvalue weighted by Crippen LogP contribution is 2.30. The number of para-hydroxylation sites is 1. The number of nitrogens with one attached hydrogen (secondary N) is 1. The Kier molecular flexibility index (Phi) is 7.34. The first-order valence-corrected chi connectivity index (χ1v) is 8.51. The number of hydrogen-bond donors (Lipinski definition) is 1. The molecule has 1 aromatic carbocycles. The van der Waals surface area contributed by atoms with Crippen molar-refractivity contribution >= 4 is 5.91 Å². The summed E-state index contributed by atoms with van der Waals surface area (Å²) in [6.45, 7) is 5.69. The predicted molar refractivity (Wildman–Crippen MR) is 94.8 cm³/mol. The molecule has 0 atom stereocenters. The van der Waals surface area contributed by atoms with Crippen molar-refractivity contribution in [3.8, 4) is 11.5 Å². The smallest absolute Gasteiger partial charge is 0.221 e. The minimum absolute atomic E-state index is 0.107. The van der Waals surface area contributed by atoms with Crippen molar-refractivity contribution in [1.82, 2.24) is 15.1 Å². The van der Waals surface area contributed by atoms with Crippen LogP contribution in [-0.2, 0) is 11.2 Å².